The van der Waals surface area contributed by atoms with Gasteiger partial charge in [0.25, 0.3) is 0 Å². The van der Waals surface area contributed by atoms with E-state index in [1.54, 1.807) is 0 Å². The van der Waals surface area contributed by atoms with Crippen molar-refractivity contribution in [1.82, 2.24) is 4.57 Å². The van der Waals surface area contributed by atoms with Gasteiger partial charge in [-0.2, -0.15) is 0 Å². The monoisotopic (exact) mass is 447 g/mol. The summed E-state index contributed by atoms with van der Waals surface area (Å²) in [6.45, 7) is 10.3. The van der Waals surface area contributed by atoms with Crippen LogP contribution in [0.5, 0.6) is 11.5 Å². The number of aromatic nitrogens is 1. The summed E-state index contributed by atoms with van der Waals surface area (Å²) < 4.78 is 19.3. The van der Waals surface area contributed by atoms with E-state index in [0.29, 0.717) is 24.3 Å². The molecular formula is C27H29NO5. The van der Waals surface area contributed by atoms with E-state index >= 15 is 0 Å². The maximum absolute atomic E-state index is 12.9. The molecule has 4 rings (SSSR count). The highest BCUT2D eigenvalue weighted by molar-refractivity contribution is 6.01. The molecule has 0 bridgehead atoms. The first kappa shape index (κ1) is 22.6. The van der Waals surface area contributed by atoms with Crippen LogP contribution in [-0.2, 0) is 11.3 Å². The number of rotatable bonds is 6. The lowest BCUT2D eigenvalue weighted by atomic mass is 10.00. The lowest BCUT2D eigenvalue weighted by Crippen LogP contribution is -2.33. The van der Waals surface area contributed by atoms with Gasteiger partial charge in [0.05, 0.1) is 12.1 Å². The molecule has 2 heterocycles. The summed E-state index contributed by atoms with van der Waals surface area (Å²) in [5, 5.41) is 0. The highest BCUT2D eigenvalue weighted by atomic mass is 16.6. The Kier molecular flexibility index (Phi) is 6.27. The van der Waals surface area contributed by atoms with Crippen LogP contribution in [-0.4, -0.2) is 35.6 Å². The Labute approximate surface area is 194 Å². The van der Waals surface area contributed by atoms with Crippen molar-refractivity contribution in [2.75, 3.05) is 13.2 Å². The van der Waals surface area contributed by atoms with Gasteiger partial charge in [0.15, 0.2) is 24.2 Å². The third-order valence-corrected chi connectivity index (χ3v) is 6.04. The van der Waals surface area contributed by atoms with Gasteiger partial charge in [-0.05, 0) is 63.9 Å². The van der Waals surface area contributed by atoms with Crippen molar-refractivity contribution < 1.29 is 23.8 Å². The second kappa shape index (κ2) is 9.14. The minimum Gasteiger partial charge on any atom is -0.486 e. The molecule has 0 saturated carbocycles. The molecule has 6 nitrogen and oxygen atoms in total. The molecule has 0 aliphatic carbocycles. The standard InChI is InChI=1S/C27H29NO5/c1-16-10-17(2)26(18(3)11-16)27(30)32-15-23(29)22-12-19(4)28(20(22)5)13-21-14-31-24-8-6-7-9-25(24)33-21/h6-12,21H,13-15H2,1-5H3. The number of carbonyl (C=O) groups excluding carboxylic acids is 2. The van der Waals surface area contributed by atoms with Crippen LogP contribution in [0.15, 0.2) is 42.5 Å². The lowest BCUT2D eigenvalue weighted by molar-refractivity contribution is 0.0473. The van der Waals surface area contributed by atoms with E-state index in [4.69, 9.17) is 14.2 Å². The SMILES string of the molecule is Cc1cc(C)c(C(=O)OCC(=O)c2cc(C)n(CC3COc4ccccc4O3)c2C)c(C)c1. The number of para-hydroxylation sites is 2. The second-order valence-corrected chi connectivity index (χ2v) is 8.67. The van der Waals surface area contributed by atoms with E-state index in [1.165, 1.54) is 0 Å². The van der Waals surface area contributed by atoms with Crippen molar-refractivity contribution >= 4 is 11.8 Å². The first-order valence-corrected chi connectivity index (χ1v) is 11.1. The van der Waals surface area contributed by atoms with Crippen molar-refractivity contribution in [3.63, 3.8) is 0 Å². The summed E-state index contributed by atoms with van der Waals surface area (Å²) in [5.74, 6) is 0.766. The Balaban J connectivity index is 1.43. The van der Waals surface area contributed by atoms with Gasteiger partial charge in [-0.25, -0.2) is 4.79 Å². The van der Waals surface area contributed by atoms with Crippen LogP contribution < -0.4 is 9.47 Å². The molecule has 172 valence electrons. The number of carbonyl (C=O) groups is 2. The van der Waals surface area contributed by atoms with Crippen LogP contribution >= 0.6 is 0 Å². The fraction of sp³-hybridized carbons (Fsp3) is 0.333. The molecule has 0 N–H and O–H groups in total. The highest BCUT2D eigenvalue weighted by Gasteiger charge is 2.24. The number of esters is 1. The molecule has 0 radical (unpaired) electrons. The Morgan fingerprint density at radius 1 is 1.00 bits per heavy atom. The number of Topliss-reactive ketones (excluding diaryl/α,β-unsaturated/α-hetero) is 1. The average molecular weight is 448 g/mol. The highest BCUT2D eigenvalue weighted by Crippen LogP contribution is 2.31. The Hall–Kier alpha value is -3.54. The molecule has 1 atom stereocenters. The Morgan fingerprint density at radius 2 is 1.67 bits per heavy atom. The average Bonchev–Trinajstić information content (AvgIpc) is 3.05. The molecule has 1 aliphatic heterocycles. The summed E-state index contributed by atoms with van der Waals surface area (Å²) >= 11 is 0. The van der Waals surface area contributed by atoms with Gasteiger partial charge in [0, 0.05) is 17.0 Å². The van der Waals surface area contributed by atoms with Gasteiger partial charge in [-0.3, -0.25) is 4.79 Å². The number of benzene rings is 2. The Morgan fingerprint density at radius 3 is 2.36 bits per heavy atom. The van der Waals surface area contributed by atoms with Crippen LogP contribution in [0.1, 0.15) is 48.8 Å². The third kappa shape index (κ3) is 4.65. The molecule has 2 aromatic carbocycles. The van der Waals surface area contributed by atoms with Gasteiger partial charge in [-0.15, -0.1) is 0 Å². The summed E-state index contributed by atoms with van der Waals surface area (Å²) in [6, 6.07) is 13.3. The van der Waals surface area contributed by atoms with E-state index in [9.17, 15) is 9.59 Å². The maximum Gasteiger partial charge on any atom is 0.339 e. The number of hydrogen-bond acceptors (Lipinski definition) is 5. The van der Waals surface area contributed by atoms with E-state index < -0.39 is 5.97 Å². The number of ether oxygens (including phenoxy) is 3. The largest absolute Gasteiger partial charge is 0.486 e. The molecule has 6 heteroatoms. The van der Waals surface area contributed by atoms with E-state index in [0.717, 1.165) is 39.6 Å². The minimum absolute atomic E-state index is 0.169. The zero-order chi connectivity index (χ0) is 23.7. The molecule has 33 heavy (non-hydrogen) atoms. The first-order chi connectivity index (χ1) is 15.7. The second-order valence-electron chi connectivity index (χ2n) is 8.67. The fourth-order valence-electron chi connectivity index (χ4n) is 4.50. The van der Waals surface area contributed by atoms with Crippen LogP contribution in [0.25, 0.3) is 0 Å². The van der Waals surface area contributed by atoms with Gasteiger partial charge in [0.1, 0.15) is 6.61 Å². The van der Waals surface area contributed by atoms with Crippen molar-refractivity contribution in [2.24, 2.45) is 0 Å². The molecular weight excluding hydrogens is 418 g/mol. The predicted molar refractivity (Wildman–Crippen MR) is 126 cm³/mol. The van der Waals surface area contributed by atoms with Gasteiger partial charge >= 0.3 is 5.97 Å². The summed E-state index contributed by atoms with van der Waals surface area (Å²) in [4.78, 5) is 25.5. The fourth-order valence-corrected chi connectivity index (χ4v) is 4.50. The molecule has 0 fully saturated rings. The van der Waals surface area contributed by atoms with Crippen molar-refractivity contribution in [1.29, 1.82) is 0 Å². The smallest absolute Gasteiger partial charge is 0.339 e. The topological polar surface area (TPSA) is 66.8 Å². The van der Waals surface area contributed by atoms with Crippen molar-refractivity contribution in [2.45, 2.75) is 47.3 Å². The minimum atomic E-state index is -0.474. The van der Waals surface area contributed by atoms with Crippen LogP contribution in [0.4, 0.5) is 0 Å². The van der Waals surface area contributed by atoms with Gasteiger partial charge in [-0.1, -0.05) is 29.8 Å². The van der Waals surface area contributed by atoms with Crippen LogP contribution in [0.3, 0.4) is 0 Å². The van der Waals surface area contributed by atoms with Crippen LogP contribution in [0, 0.1) is 34.6 Å². The summed E-state index contributed by atoms with van der Waals surface area (Å²) in [6.07, 6.45) is -0.169. The van der Waals surface area contributed by atoms with Gasteiger partial charge < -0.3 is 18.8 Å². The van der Waals surface area contributed by atoms with Crippen molar-refractivity contribution in [3.05, 3.63) is 81.7 Å². The number of aryl methyl sites for hydroxylation is 4. The number of nitrogens with zero attached hydrogens (tertiary/aromatic N) is 1. The molecule has 0 spiro atoms. The zero-order valence-corrected chi connectivity index (χ0v) is 19.7. The number of ketones is 1. The predicted octanol–water partition coefficient (Wildman–Crippen LogP) is 4.91. The lowest BCUT2D eigenvalue weighted by Gasteiger charge is -2.27. The molecule has 3 aromatic rings. The first-order valence-electron chi connectivity index (χ1n) is 11.1. The quantitative estimate of drug-likeness (QED) is 0.397. The zero-order valence-electron chi connectivity index (χ0n) is 19.7. The molecule has 0 amide bonds. The summed E-state index contributed by atoms with van der Waals surface area (Å²) in [7, 11) is 0. The molecule has 0 saturated heterocycles. The molecule has 1 aromatic heterocycles. The van der Waals surface area contributed by atoms with Crippen molar-refractivity contribution in [3.8, 4) is 11.5 Å². The molecule has 1 unspecified atom stereocenters. The number of hydrogen-bond donors (Lipinski definition) is 0. The molecule has 1 aliphatic rings. The van der Waals surface area contributed by atoms with Crippen LogP contribution in [0.2, 0.25) is 0 Å². The van der Waals surface area contributed by atoms with E-state index in [1.807, 2.05) is 81.7 Å². The van der Waals surface area contributed by atoms with Gasteiger partial charge in [0.2, 0.25) is 5.78 Å². The Bertz CT molecular complexity index is 1200. The number of fused-ring (bicyclic) bond motifs is 1. The maximum atomic E-state index is 12.9. The third-order valence-electron chi connectivity index (χ3n) is 6.04. The summed E-state index contributed by atoms with van der Waals surface area (Å²) in [5.41, 5.74) is 5.61. The van der Waals surface area contributed by atoms with E-state index in [-0.39, 0.29) is 18.5 Å². The van der Waals surface area contributed by atoms with E-state index in [2.05, 4.69) is 0 Å². The normalized spacial score (nSPS) is 14.8.